The van der Waals surface area contributed by atoms with E-state index in [4.69, 9.17) is 4.74 Å². The Morgan fingerprint density at radius 1 is 1.19 bits per heavy atom. The van der Waals surface area contributed by atoms with Gasteiger partial charge in [-0.05, 0) is 43.7 Å². The first-order valence-electron chi connectivity index (χ1n) is 9.55. The zero-order valence-corrected chi connectivity index (χ0v) is 17.8. The topological polar surface area (TPSA) is 78.5 Å². The van der Waals surface area contributed by atoms with Crippen molar-refractivity contribution in [3.63, 3.8) is 0 Å². The van der Waals surface area contributed by atoms with E-state index in [0.29, 0.717) is 43.0 Å². The lowest BCUT2D eigenvalue weighted by molar-refractivity contribution is 0.0466. The minimum atomic E-state index is -0.556. The molecule has 31 heavy (non-hydrogen) atoms. The highest BCUT2D eigenvalue weighted by Crippen LogP contribution is 2.33. The van der Waals surface area contributed by atoms with Crippen LogP contribution in [0.3, 0.4) is 0 Å². The van der Waals surface area contributed by atoms with Gasteiger partial charge in [0.05, 0.1) is 10.9 Å². The van der Waals surface area contributed by atoms with Gasteiger partial charge in [-0.2, -0.15) is 0 Å². The summed E-state index contributed by atoms with van der Waals surface area (Å²) in [6.07, 6.45) is 0. The van der Waals surface area contributed by atoms with Gasteiger partial charge in [0, 0.05) is 17.1 Å². The first-order valence-corrected chi connectivity index (χ1v) is 10.4. The number of hydrogen-bond donors (Lipinski definition) is 0. The van der Waals surface area contributed by atoms with Gasteiger partial charge in [0.25, 0.3) is 5.56 Å². The average Bonchev–Trinajstić information content (AvgIpc) is 3.32. The van der Waals surface area contributed by atoms with E-state index in [-0.39, 0.29) is 18.0 Å². The van der Waals surface area contributed by atoms with Crippen molar-refractivity contribution in [1.29, 1.82) is 0 Å². The highest BCUT2D eigenvalue weighted by atomic mass is 32.1. The van der Waals surface area contributed by atoms with Crippen LogP contribution in [-0.4, -0.2) is 25.1 Å². The van der Waals surface area contributed by atoms with Gasteiger partial charge in [-0.25, -0.2) is 9.18 Å². The summed E-state index contributed by atoms with van der Waals surface area (Å²) >= 11 is 1.19. The quantitative estimate of drug-likeness (QED) is 0.401. The molecule has 156 valence electrons. The second kappa shape index (κ2) is 6.98. The molecule has 2 aromatic carbocycles. The number of carbonyl (C=O) groups is 1. The van der Waals surface area contributed by atoms with Crippen LogP contribution in [0.15, 0.2) is 41.2 Å². The van der Waals surface area contributed by atoms with E-state index >= 15 is 0 Å². The molecule has 0 saturated heterocycles. The summed E-state index contributed by atoms with van der Waals surface area (Å²) in [5, 5.41) is 9.20. The third-order valence-corrected chi connectivity index (χ3v) is 6.60. The van der Waals surface area contributed by atoms with Crippen molar-refractivity contribution in [1.82, 2.24) is 19.2 Å². The number of carbonyl (C=O) groups excluding carboxylic acids is 1. The lowest BCUT2D eigenvalue weighted by Gasteiger charge is -2.09. The largest absolute Gasteiger partial charge is 0.453 e. The average molecular weight is 436 g/mol. The summed E-state index contributed by atoms with van der Waals surface area (Å²) in [6.45, 7) is 3.47. The van der Waals surface area contributed by atoms with Crippen molar-refractivity contribution in [3.05, 3.63) is 74.4 Å². The van der Waals surface area contributed by atoms with Gasteiger partial charge < -0.3 is 4.74 Å². The van der Waals surface area contributed by atoms with Crippen LogP contribution in [0.4, 0.5) is 4.39 Å². The number of aromatic nitrogens is 4. The number of rotatable bonds is 3. The fraction of sp³-hybridized carbons (Fsp3) is 0.182. The fourth-order valence-corrected chi connectivity index (χ4v) is 4.91. The van der Waals surface area contributed by atoms with E-state index in [1.165, 1.54) is 22.0 Å². The molecule has 0 aliphatic heterocycles. The van der Waals surface area contributed by atoms with Crippen LogP contribution < -0.4 is 5.56 Å². The Kier molecular flexibility index (Phi) is 4.37. The first-order chi connectivity index (χ1) is 14.9. The number of thiophene rings is 1. The van der Waals surface area contributed by atoms with Gasteiger partial charge in [0.2, 0.25) is 5.78 Å². The van der Waals surface area contributed by atoms with Crippen LogP contribution in [0.2, 0.25) is 0 Å². The van der Waals surface area contributed by atoms with Crippen molar-refractivity contribution in [2.75, 3.05) is 0 Å². The maximum atomic E-state index is 14.2. The third-order valence-electron chi connectivity index (χ3n) is 5.36. The van der Waals surface area contributed by atoms with Crippen molar-refractivity contribution in [2.24, 2.45) is 7.05 Å². The van der Waals surface area contributed by atoms with Crippen LogP contribution in [0.5, 0.6) is 0 Å². The van der Waals surface area contributed by atoms with E-state index < -0.39 is 5.97 Å². The Balaban J connectivity index is 1.54. The molecule has 0 radical (unpaired) electrons. The van der Waals surface area contributed by atoms with Crippen LogP contribution >= 0.6 is 11.3 Å². The van der Waals surface area contributed by atoms with E-state index in [0.717, 1.165) is 5.56 Å². The van der Waals surface area contributed by atoms with Gasteiger partial charge in [0.15, 0.2) is 12.4 Å². The number of hydrogen-bond acceptors (Lipinski definition) is 6. The van der Waals surface area contributed by atoms with E-state index in [9.17, 15) is 14.0 Å². The molecule has 9 heteroatoms. The summed E-state index contributed by atoms with van der Waals surface area (Å²) < 4.78 is 23.5. The molecule has 0 aliphatic rings. The zero-order valence-electron chi connectivity index (χ0n) is 17.0. The van der Waals surface area contributed by atoms with Crippen LogP contribution in [0.25, 0.3) is 26.8 Å². The number of aryl methyl sites for hydroxylation is 3. The lowest BCUT2D eigenvalue weighted by Crippen LogP contribution is -2.20. The molecule has 0 saturated carbocycles. The molecule has 3 heterocycles. The Morgan fingerprint density at radius 2 is 2.00 bits per heavy atom. The Bertz CT molecular complexity index is 1580. The van der Waals surface area contributed by atoms with E-state index in [2.05, 4.69) is 10.2 Å². The number of esters is 1. The fourth-order valence-electron chi connectivity index (χ4n) is 3.80. The van der Waals surface area contributed by atoms with Gasteiger partial charge in [0.1, 0.15) is 10.7 Å². The minimum absolute atomic E-state index is 0.142. The smallest absolute Gasteiger partial charge is 0.349 e. The van der Waals surface area contributed by atoms with E-state index in [1.807, 2.05) is 25.1 Å². The SMILES string of the molecule is Cc1ccc2c(c1)c(=O)n(C)c1nnc(COC(=O)c3sc4cccc(F)c4c3C)n21. The maximum Gasteiger partial charge on any atom is 0.349 e. The maximum absolute atomic E-state index is 14.2. The molecular weight excluding hydrogens is 419 g/mol. The monoisotopic (exact) mass is 436 g/mol. The predicted molar refractivity (Wildman–Crippen MR) is 116 cm³/mol. The van der Waals surface area contributed by atoms with Crippen molar-refractivity contribution < 1.29 is 13.9 Å². The standard InChI is InChI=1S/C22H17FN4O3S/c1-11-7-8-15-13(9-11)20(28)26(3)22-25-24-17(27(15)22)10-30-21(29)19-12(2)18-14(23)5-4-6-16(18)31-19/h4-9H,10H2,1-3H3. The summed E-state index contributed by atoms with van der Waals surface area (Å²) in [5.74, 6) is -0.179. The van der Waals surface area contributed by atoms with Crippen LogP contribution in [0, 0.1) is 19.7 Å². The van der Waals surface area contributed by atoms with Crippen molar-refractivity contribution >= 4 is 44.1 Å². The number of nitrogens with zero attached hydrogens (tertiary/aromatic N) is 4. The molecular formula is C22H17FN4O3S. The molecule has 0 fully saturated rings. The second-order valence-corrected chi connectivity index (χ2v) is 8.43. The zero-order chi connectivity index (χ0) is 21.9. The molecule has 5 aromatic rings. The van der Waals surface area contributed by atoms with E-state index in [1.54, 1.807) is 30.5 Å². The lowest BCUT2D eigenvalue weighted by atomic mass is 10.1. The summed E-state index contributed by atoms with van der Waals surface area (Å²) in [6, 6.07) is 10.3. The molecule has 0 unspecified atom stereocenters. The van der Waals surface area contributed by atoms with Gasteiger partial charge in [-0.15, -0.1) is 21.5 Å². The summed E-state index contributed by atoms with van der Waals surface area (Å²) in [5.41, 5.74) is 1.97. The van der Waals surface area contributed by atoms with Gasteiger partial charge >= 0.3 is 5.97 Å². The number of benzene rings is 2. The molecule has 0 N–H and O–H groups in total. The molecule has 5 rings (SSSR count). The normalized spacial score (nSPS) is 11.6. The first kappa shape index (κ1) is 19.4. The molecule has 0 aliphatic carbocycles. The van der Waals surface area contributed by atoms with Gasteiger partial charge in [-0.1, -0.05) is 17.7 Å². The number of ether oxygens (including phenoxy) is 1. The van der Waals surface area contributed by atoms with Crippen LogP contribution in [-0.2, 0) is 18.4 Å². The third kappa shape index (κ3) is 2.92. The van der Waals surface area contributed by atoms with Crippen molar-refractivity contribution in [3.8, 4) is 0 Å². The highest BCUT2D eigenvalue weighted by molar-refractivity contribution is 7.21. The Morgan fingerprint density at radius 3 is 2.77 bits per heavy atom. The summed E-state index contributed by atoms with van der Waals surface area (Å²) in [7, 11) is 1.62. The van der Waals surface area contributed by atoms with Crippen LogP contribution in [0.1, 0.15) is 26.6 Å². The molecule has 3 aromatic heterocycles. The highest BCUT2D eigenvalue weighted by Gasteiger charge is 2.21. The Hall–Kier alpha value is -3.59. The number of halogens is 1. The molecule has 0 bridgehead atoms. The molecule has 0 amide bonds. The van der Waals surface area contributed by atoms with Gasteiger partial charge in [-0.3, -0.25) is 13.8 Å². The summed E-state index contributed by atoms with van der Waals surface area (Å²) in [4.78, 5) is 25.8. The molecule has 0 atom stereocenters. The number of fused-ring (bicyclic) bond motifs is 4. The Labute approximate surface area is 179 Å². The second-order valence-electron chi connectivity index (χ2n) is 7.38. The molecule has 7 nitrogen and oxygen atoms in total. The van der Waals surface area contributed by atoms with Crippen molar-refractivity contribution in [2.45, 2.75) is 20.5 Å². The predicted octanol–water partition coefficient (Wildman–Crippen LogP) is 3.91. The molecule has 0 spiro atoms. The minimum Gasteiger partial charge on any atom is -0.453 e.